The van der Waals surface area contributed by atoms with Gasteiger partial charge in [0.25, 0.3) is 0 Å². The van der Waals surface area contributed by atoms with E-state index in [2.05, 4.69) is 59.8 Å². The lowest BCUT2D eigenvalue weighted by atomic mass is 10.0. The van der Waals surface area contributed by atoms with Crippen LogP contribution in [0.1, 0.15) is 47.4 Å². The molecule has 0 bridgehead atoms. The quantitative estimate of drug-likeness (QED) is 0.738. The highest BCUT2D eigenvalue weighted by atomic mass is 32.1. The van der Waals surface area contributed by atoms with Gasteiger partial charge in [-0.25, -0.2) is 0 Å². The Kier molecular flexibility index (Phi) is 7.05. The van der Waals surface area contributed by atoms with Crippen molar-refractivity contribution in [3.63, 3.8) is 0 Å². The van der Waals surface area contributed by atoms with E-state index in [0.29, 0.717) is 6.54 Å². The fourth-order valence-electron chi connectivity index (χ4n) is 3.49. The van der Waals surface area contributed by atoms with Gasteiger partial charge in [-0.15, -0.1) is 11.3 Å². The molecule has 0 spiro atoms. The normalized spacial score (nSPS) is 18.0. The average molecular weight is 387 g/mol. The Balaban J connectivity index is 1.59. The third kappa shape index (κ3) is 5.89. The Bertz CT molecular complexity index is 739. The molecule has 1 fully saturated rings. The van der Waals surface area contributed by atoms with E-state index in [1.807, 2.05) is 6.92 Å². The second-order valence-electron chi connectivity index (χ2n) is 7.52. The SMILES string of the molecule is Cc1ccc([C@@H](C)NC(=O)CN(Cc2cccs2)C[C@@H]2CCCO2)cc1C. The molecule has 27 heavy (non-hydrogen) atoms. The van der Waals surface area contributed by atoms with Crippen LogP contribution in [0.15, 0.2) is 35.7 Å². The van der Waals surface area contributed by atoms with Crippen molar-refractivity contribution in [3.8, 4) is 0 Å². The van der Waals surface area contributed by atoms with Gasteiger partial charge in [0.05, 0.1) is 18.7 Å². The molecule has 0 unspecified atom stereocenters. The van der Waals surface area contributed by atoms with Gasteiger partial charge in [0.1, 0.15) is 0 Å². The first-order valence-corrected chi connectivity index (χ1v) is 10.6. The molecular weight excluding hydrogens is 356 g/mol. The van der Waals surface area contributed by atoms with E-state index in [1.165, 1.54) is 16.0 Å². The van der Waals surface area contributed by atoms with E-state index in [-0.39, 0.29) is 18.1 Å². The van der Waals surface area contributed by atoms with Gasteiger partial charge in [-0.1, -0.05) is 24.3 Å². The first-order valence-electron chi connectivity index (χ1n) is 9.74. The average Bonchev–Trinajstić information content (AvgIpc) is 3.31. The number of ether oxygens (including phenoxy) is 1. The molecule has 1 N–H and O–H groups in total. The lowest BCUT2D eigenvalue weighted by molar-refractivity contribution is -0.123. The summed E-state index contributed by atoms with van der Waals surface area (Å²) >= 11 is 1.74. The van der Waals surface area contributed by atoms with Crippen LogP contribution in [0.25, 0.3) is 0 Å². The molecule has 1 saturated heterocycles. The predicted molar refractivity (Wildman–Crippen MR) is 111 cm³/mol. The zero-order valence-electron chi connectivity index (χ0n) is 16.5. The minimum Gasteiger partial charge on any atom is -0.377 e. The van der Waals surface area contributed by atoms with Crippen molar-refractivity contribution in [1.29, 1.82) is 0 Å². The van der Waals surface area contributed by atoms with E-state index in [1.54, 1.807) is 11.3 Å². The van der Waals surface area contributed by atoms with Gasteiger partial charge in [-0.2, -0.15) is 0 Å². The Labute approximate surface area is 166 Å². The van der Waals surface area contributed by atoms with Crippen LogP contribution in [-0.4, -0.2) is 36.6 Å². The van der Waals surface area contributed by atoms with E-state index >= 15 is 0 Å². The van der Waals surface area contributed by atoms with E-state index < -0.39 is 0 Å². The molecule has 146 valence electrons. The van der Waals surface area contributed by atoms with Gasteiger partial charge in [0, 0.05) is 24.6 Å². The third-order valence-corrected chi connectivity index (χ3v) is 6.08. The molecule has 1 aromatic heterocycles. The van der Waals surface area contributed by atoms with Crippen LogP contribution in [0.5, 0.6) is 0 Å². The molecule has 4 nitrogen and oxygen atoms in total. The van der Waals surface area contributed by atoms with Crippen molar-refractivity contribution in [3.05, 3.63) is 57.3 Å². The van der Waals surface area contributed by atoms with Crippen molar-refractivity contribution in [2.45, 2.75) is 52.3 Å². The van der Waals surface area contributed by atoms with Crippen LogP contribution in [0, 0.1) is 13.8 Å². The number of thiophene rings is 1. The summed E-state index contributed by atoms with van der Waals surface area (Å²) < 4.78 is 5.79. The van der Waals surface area contributed by atoms with E-state index in [9.17, 15) is 4.79 Å². The van der Waals surface area contributed by atoms with Crippen LogP contribution in [0.2, 0.25) is 0 Å². The molecular formula is C22H30N2O2S. The standard InChI is InChI=1S/C22H30N2O2S/c1-16-8-9-19(12-17(16)2)18(3)23-22(25)15-24(13-20-6-4-10-26-20)14-21-7-5-11-27-21/h5,7-9,11-12,18,20H,4,6,10,13-15H2,1-3H3,(H,23,25)/t18-,20+/m1/s1. The molecule has 5 heteroatoms. The highest BCUT2D eigenvalue weighted by Crippen LogP contribution is 2.19. The van der Waals surface area contributed by atoms with Crippen molar-refractivity contribution in [2.75, 3.05) is 19.7 Å². The topological polar surface area (TPSA) is 41.6 Å². The van der Waals surface area contributed by atoms with Gasteiger partial charge < -0.3 is 10.1 Å². The first kappa shape index (κ1) is 20.1. The second kappa shape index (κ2) is 9.49. The summed E-state index contributed by atoms with van der Waals surface area (Å²) in [5, 5.41) is 5.24. The van der Waals surface area contributed by atoms with Gasteiger partial charge in [-0.3, -0.25) is 9.69 Å². The number of hydrogen-bond acceptors (Lipinski definition) is 4. The monoisotopic (exact) mass is 386 g/mol. The summed E-state index contributed by atoms with van der Waals surface area (Å²) in [6.07, 6.45) is 2.45. The lowest BCUT2D eigenvalue weighted by Gasteiger charge is -2.25. The summed E-state index contributed by atoms with van der Waals surface area (Å²) in [6.45, 7) is 9.10. The van der Waals surface area contributed by atoms with Crippen LogP contribution >= 0.6 is 11.3 Å². The maximum Gasteiger partial charge on any atom is 0.234 e. The third-order valence-electron chi connectivity index (χ3n) is 5.22. The Morgan fingerprint density at radius 2 is 2.19 bits per heavy atom. The van der Waals surface area contributed by atoms with E-state index in [4.69, 9.17) is 4.74 Å². The predicted octanol–water partition coefficient (Wildman–Crippen LogP) is 4.22. The molecule has 0 saturated carbocycles. The first-order chi connectivity index (χ1) is 13.0. The molecule has 1 aliphatic heterocycles. The Morgan fingerprint density at radius 3 is 2.85 bits per heavy atom. The van der Waals surface area contributed by atoms with Crippen molar-refractivity contribution < 1.29 is 9.53 Å². The zero-order valence-corrected chi connectivity index (χ0v) is 17.3. The highest BCUT2D eigenvalue weighted by molar-refractivity contribution is 7.09. The van der Waals surface area contributed by atoms with E-state index in [0.717, 1.165) is 38.1 Å². The van der Waals surface area contributed by atoms with Crippen molar-refractivity contribution in [2.24, 2.45) is 0 Å². The number of nitrogens with zero attached hydrogens (tertiary/aromatic N) is 1. The van der Waals surface area contributed by atoms with Gasteiger partial charge in [-0.05, 0) is 61.7 Å². The number of rotatable bonds is 8. The van der Waals surface area contributed by atoms with Crippen molar-refractivity contribution in [1.82, 2.24) is 10.2 Å². The second-order valence-corrected chi connectivity index (χ2v) is 8.55. The molecule has 1 aliphatic rings. The fourth-order valence-corrected chi connectivity index (χ4v) is 4.24. The van der Waals surface area contributed by atoms with Crippen LogP contribution < -0.4 is 5.32 Å². The summed E-state index contributed by atoms with van der Waals surface area (Å²) in [5.74, 6) is 0.0651. The molecule has 0 aliphatic carbocycles. The molecule has 2 atom stereocenters. The summed E-state index contributed by atoms with van der Waals surface area (Å²) in [5.41, 5.74) is 3.68. The molecule has 1 amide bonds. The van der Waals surface area contributed by atoms with Gasteiger partial charge >= 0.3 is 0 Å². The summed E-state index contributed by atoms with van der Waals surface area (Å²) in [7, 11) is 0. The fraction of sp³-hybridized carbons (Fsp3) is 0.500. The maximum absolute atomic E-state index is 12.7. The molecule has 3 rings (SSSR count). The number of carbonyl (C=O) groups excluding carboxylic acids is 1. The van der Waals surface area contributed by atoms with Crippen LogP contribution in [0.3, 0.4) is 0 Å². The Morgan fingerprint density at radius 1 is 1.33 bits per heavy atom. The number of carbonyl (C=O) groups is 1. The van der Waals surface area contributed by atoms with Crippen LogP contribution in [0.4, 0.5) is 0 Å². The number of amides is 1. The number of nitrogens with one attached hydrogen (secondary N) is 1. The number of hydrogen-bond donors (Lipinski definition) is 1. The molecule has 0 radical (unpaired) electrons. The summed E-state index contributed by atoms with van der Waals surface area (Å²) in [6, 6.07) is 10.6. The molecule has 1 aromatic carbocycles. The highest BCUT2D eigenvalue weighted by Gasteiger charge is 2.22. The molecule has 2 aromatic rings. The minimum absolute atomic E-state index is 0.00289. The lowest BCUT2D eigenvalue weighted by Crippen LogP contribution is -2.41. The zero-order chi connectivity index (χ0) is 19.2. The van der Waals surface area contributed by atoms with Gasteiger partial charge in [0.15, 0.2) is 0 Å². The number of benzene rings is 1. The number of aryl methyl sites for hydroxylation is 2. The Hall–Kier alpha value is -1.69. The minimum atomic E-state index is 0.00289. The van der Waals surface area contributed by atoms with Crippen molar-refractivity contribution >= 4 is 17.2 Å². The smallest absolute Gasteiger partial charge is 0.234 e. The van der Waals surface area contributed by atoms with Crippen LogP contribution in [-0.2, 0) is 16.1 Å². The maximum atomic E-state index is 12.7. The summed E-state index contributed by atoms with van der Waals surface area (Å²) in [4.78, 5) is 16.2. The largest absolute Gasteiger partial charge is 0.377 e. The van der Waals surface area contributed by atoms with Gasteiger partial charge in [0.2, 0.25) is 5.91 Å². The molecule has 2 heterocycles.